The zero-order valence-corrected chi connectivity index (χ0v) is 17.5. The molecule has 0 radical (unpaired) electrons. The number of piperazine rings is 1. The summed E-state index contributed by atoms with van der Waals surface area (Å²) in [4.78, 5) is 35.7. The maximum absolute atomic E-state index is 12.6. The number of hydrogen-bond donors (Lipinski definition) is 1. The molecule has 30 heavy (non-hydrogen) atoms. The largest absolute Gasteiger partial charge is 0.354 e. The molecule has 2 aliphatic heterocycles. The average Bonchev–Trinajstić information content (AvgIpc) is 2.77. The van der Waals surface area contributed by atoms with E-state index in [4.69, 9.17) is 0 Å². The molecule has 158 valence electrons. The van der Waals surface area contributed by atoms with Gasteiger partial charge in [0.15, 0.2) is 0 Å². The summed E-state index contributed by atoms with van der Waals surface area (Å²) >= 11 is 0. The number of aryl methyl sites for hydroxylation is 1. The predicted molar refractivity (Wildman–Crippen MR) is 118 cm³/mol. The Hall–Kier alpha value is -2.93. The first-order chi connectivity index (χ1) is 14.6. The lowest BCUT2D eigenvalue weighted by atomic mass is 10.0. The molecule has 7 heteroatoms. The molecule has 1 aromatic carbocycles. The standard InChI is InChI=1S/C23H29N5O2/c1-18(16-26-12-14-27(15-13-26)21-8-4-5-11-24-21)25-22(29)17-28-20-7-3-2-6-19(20)9-10-23(28)30/h2-8,11,18H,9-10,12-17H2,1H3,(H,25,29). The lowest BCUT2D eigenvalue weighted by molar-refractivity contribution is -0.124. The van der Waals surface area contributed by atoms with Gasteiger partial charge in [-0.1, -0.05) is 24.3 Å². The van der Waals surface area contributed by atoms with Gasteiger partial charge in [0.25, 0.3) is 0 Å². The highest BCUT2D eigenvalue weighted by Crippen LogP contribution is 2.27. The lowest BCUT2D eigenvalue weighted by Crippen LogP contribution is -2.52. The van der Waals surface area contributed by atoms with Crippen LogP contribution in [-0.4, -0.2) is 67.0 Å². The highest BCUT2D eigenvalue weighted by molar-refractivity contribution is 6.01. The number of aromatic nitrogens is 1. The number of carbonyl (C=O) groups excluding carboxylic acids is 2. The molecule has 1 N–H and O–H groups in total. The zero-order valence-electron chi connectivity index (χ0n) is 17.5. The molecule has 4 rings (SSSR count). The molecule has 1 saturated heterocycles. The number of para-hydroxylation sites is 1. The Bertz CT molecular complexity index is 880. The van der Waals surface area contributed by atoms with Gasteiger partial charge in [-0.25, -0.2) is 4.98 Å². The lowest BCUT2D eigenvalue weighted by Gasteiger charge is -2.36. The molecular formula is C23H29N5O2. The van der Waals surface area contributed by atoms with E-state index >= 15 is 0 Å². The molecule has 3 heterocycles. The minimum Gasteiger partial charge on any atom is -0.354 e. The first kappa shape index (κ1) is 20.3. The Labute approximate surface area is 177 Å². The number of anilines is 2. The van der Waals surface area contributed by atoms with Crippen molar-refractivity contribution in [2.45, 2.75) is 25.8 Å². The van der Waals surface area contributed by atoms with E-state index < -0.39 is 0 Å². The van der Waals surface area contributed by atoms with Crippen molar-refractivity contribution in [3.05, 3.63) is 54.2 Å². The summed E-state index contributed by atoms with van der Waals surface area (Å²) in [6.07, 6.45) is 3.03. The van der Waals surface area contributed by atoms with Crippen LogP contribution in [0, 0.1) is 0 Å². The molecule has 1 unspecified atom stereocenters. The van der Waals surface area contributed by atoms with E-state index in [1.807, 2.05) is 55.6 Å². The molecule has 0 spiro atoms. The van der Waals surface area contributed by atoms with Gasteiger partial charge in [0.05, 0.1) is 0 Å². The molecule has 2 aromatic rings. The third-order valence-electron chi connectivity index (χ3n) is 5.78. The highest BCUT2D eigenvalue weighted by atomic mass is 16.2. The van der Waals surface area contributed by atoms with E-state index in [9.17, 15) is 9.59 Å². The van der Waals surface area contributed by atoms with Crippen LogP contribution < -0.4 is 15.1 Å². The van der Waals surface area contributed by atoms with Crippen LogP contribution in [0.2, 0.25) is 0 Å². The van der Waals surface area contributed by atoms with Crippen molar-refractivity contribution in [2.75, 3.05) is 49.1 Å². The van der Waals surface area contributed by atoms with Gasteiger partial charge in [0, 0.05) is 57.1 Å². The van der Waals surface area contributed by atoms with Crippen molar-refractivity contribution in [3.8, 4) is 0 Å². The first-order valence-corrected chi connectivity index (χ1v) is 10.7. The SMILES string of the molecule is CC(CN1CCN(c2ccccn2)CC1)NC(=O)CN1C(=O)CCc2ccccc21. The second-order valence-corrected chi connectivity index (χ2v) is 8.05. The topological polar surface area (TPSA) is 68.8 Å². The van der Waals surface area contributed by atoms with E-state index in [0.717, 1.165) is 56.2 Å². The fourth-order valence-corrected chi connectivity index (χ4v) is 4.27. The molecule has 0 saturated carbocycles. The average molecular weight is 408 g/mol. The predicted octanol–water partition coefficient (Wildman–Crippen LogP) is 1.69. The second-order valence-electron chi connectivity index (χ2n) is 8.05. The fourth-order valence-electron chi connectivity index (χ4n) is 4.27. The number of benzene rings is 1. The van der Waals surface area contributed by atoms with Crippen molar-refractivity contribution < 1.29 is 9.59 Å². The summed E-state index contributed by atoms with van der Waals surface area (Å²) in [5, 5.41) is 3.07. The van der Waals surface area contributed by atoms with Gasteiger partial charge in [0.2, 0.25) is 11.8 Å². The zero-order chi connectivity index (χ0) is 20.9. The second kappa shape index (κ2) is 9.26. The van der Waals surface area contributed by atoms with Crippen molar-refractivity contribution in [2.24, 2.45) is 0 Å². The molecule has 0 bridgehead atoms. The van der Waals surface area contributed by atoms with Crippen molar-refractivity contribution >= 4 is 23.3 Å². The molecule has 1 aromatic heterocycles. The number of pyridine rings is 1. The van der Waals surface area contributed by atoms with E-state index in [1.165, 1.54) is 0 Å². The van der Waals surface area contributed by atoms with Crippen LogP contribution in [0.5, 0.6) is 0 Å². The summed E-state index contributed by atoms with van der Waals surface area (Å²) in [5.41, 5.74) is 1.99. The number of nitrogens with zero attached hydrogens (tertiary/aromatic N) is 4. The van der Waals surface area contributed by atoms with Crippen LogP contribution in [0.1, 0.15) is 18.9 Å². The number of hydrogen-bond acceptors (Lipinski definition) is 5. The van der Waals surface area contributed by atoms with Gasteiger partial charge in [0.1, 0.15) is 12.4 Å². The first-order valence-electron chi connectivity index (χ1n) is 10.7. The van der Waals surface area contributed by atoms with Crippen molar-refractivity contribution in [3.63, 3.8) is 0 Å². The fraction of sp³-hybridized carbons (Fsp3) is 0.435. The van der Waals surface area contributed by atoms with Gasteiger partial charge >= 0.3 is 0 Å². The summed E-state index contributed by atoms with van der Waals surface area (Å²) in [6.45, 7) is 6.63. The van der Waals surface area contributed by atoms with Crippen LogP contribution in [0.15, 0.2) is 48.7 Å². The number of amides is 2. The Kier molecular flexibility index (Phi) is 6.28. The van der Waals surface area contributed by atoms with Gasteiger partial charge in [-0.15, -0.1) is 0 Å². The summed E-state index contributed by atoms with van der Waals surface area (Å²) in [7, 11) is 0. The molecular weight excluding hydrogens is 378 g/mol. The van der Waals surface area contributed by atoms with E-state index in [2.05, 4.69) is 20.1 Å². The number of rotatable bonds is 6. The van der Waals surface area contributed by atoms with Gasteiger partial charge in [-0.3, -0.25) is 14.5 Å². The van der Waals surface area contributed by atoms with Crippen molar-refractivity contribution in [1.29, 1.82) is 0 Å². The van der Waals surface area contributed by atoms with Gasteiger partial charge < -0.3 is 15.1 Å². The van der Waals surface area contributed by atoms with Crippen LogP contribution in [0.3, 0.4) is 0 Å². The highest BCUT2D eigenvalue weighted by Gasteiger charge is 2.26. The van der Waals surface area contributed by atoms with Crippen molar-refractivity contribution in [1.82, 2.24) is 15.2 Å². The van der Waals surface area contributed by atoms with Crippen LogP contribution in [0.4, 0.5) is 11.5 Å². The summed E-state index contributed by atoms with van der Waals surface area (Å²) in [5.74, 6) is 0.923. The Morgan fingerprint density at radius 2 is 1.83 bits per heavy atom. The van der Waals surface area contributed by atoms with E-state index in [0.29, 0.717) is 6.42 Å². The summed E-state index contributed by atoms with van der Waals surface area (Å²) in [6, 6.07) is 13.8. The molecule has 0 aliphatic carbocycles. The molecule has 2 amide bonds. The Morgan fingerprint density at radius 3 is 2.60 bits per heavy atom. The smallest absolute Gasteiger partial charge is 0.240 e. The molecule has 1 fully saturated rings. The Morgan fingerprint density at radius 1 is 1.07 bits per heavy atom. The number of fused-ring (bicyclic) bond motifs is 1. The molecule has 2 aliphatic rings. The summed E-state index contributed by atoms with van der Waals surface area (Å²) < 4.78 is 0. The number of carbonyl (C=O) groups is 2. The molecule has 7 nitrogen and oxygen atoms in total. The van der Waals surface area contributed by atoms with E-state index in [1.54, 1.807) is 4.90 Å². The van der Waals surface area contributed by atoms with Crippen LogP contribution >= 0.6 is 0 Å². The minimum absolute atomic E-state index is 0.0159. The van der Waals surface area contributed by atoms with Gasteiger partial charge in [-0.2, -0.15) is 0 Å². The van der Waals surface area contributed by atoms with E-state index in [-0.39, 0.29) is 24.4 Å². The monoisotopic (exact) mass is 407 g/mol. The Balaban J connectivity index is 1.25. The quantitative estimate of drug-likeness (QED) is 0.789. The normalized spacial score (nSPS) is 18.1. The third-order valence-corrected chi connectivity index (χ3v) is 5.78. The third kappa shape index (κ3) is 4.79. The number of nitrogens with one attached hydrogen (secondary N) is 1. The maximum Gasteiger partial charge on any atom is 0.240 e. The maximum atomic E-state index is 12.6. The van der Waals surface area contributed by atoms with Crippen LogP contribution in [-0.2, 0) is 16.0 Å². The molecule has 1 atom stereocenters. The van der Waals surface area contributed by atoms with Gasteiger partial charge in [-0.05, 0) is 37.1 Å². The minimum atomic E-state index is -0.111. The van der Waals surface area contributed by atoms with Crippen LogP contribution in [0.25, 0.3) is 0 Å².